The second-order valence-corrected chi connectivity index (χ2v) is 5.09. The standard InChI is InChI=1S/C13H15BrN4O2/c1-4-20-13(19)11-12(15)18(8(3)17-11)10-5-7(2)9(14)6-16-10/h5-6H,4,15H2,1-3H3. The molecule has 0 bridgehead atoms. The fourth-order valence-electron chi connectivity index (χ4n) is 1.83. The van der Waals surface area contributed by atoms with Gasteiger partial charge in [0.05, 0.1) is 6.61 Å². The first kappa shape index (κ1) is 14.5. The second kappa shape index (κ2) is 5.62. The van der Waals surface area contributed by atoms with E-state index in [9.17, 15) is 4.79 Å². The number of rotatable bonds is 3. The molecule has 0 fully saturated rings. The van der Waals surface area contributed by atoms with E-state index >= 15 is 0 Å². The lowest BCUT2D eigenvalue weighted by atomic mass is 10.3. The summed E-state index contributed by atoms with van der Waals surface area (Å²) in [4.78, 5) is 20.2. The minimum atomic E-state index is -0.527. The number of imidazole rings is 1. The molecule has 2 aromatic heterocycles. The molecule has 2 aromatic rings. The first-order valence-corrected chi connectivity index (χ1v) is 6.89. The molecule has 0 amide bonds. The lowest BCUT2D eigenvalue weighted by Gasteiger charge is -2.08. The molecule has 7 heteroatoms. The quantitative estimate of drug-likeness (QED) is 0.869. The fraction of sp³-hybridized carbons (Fsp3) is 0.308. The minimum Gasteiger partial charge on any atom is -0.461 e. The Morgan fingerprint density at radius 2 is 2.20 bits per heavy atom. The summed E-state index contributed by atoms with van der Waals surface area (Å²) in [6.45, 7) is 5.72. The van der Waals surface area contributed by atoms with E-state index in [0.717, 1.165) is 10.0 Å². The topological polar surface area (TPSA) is 83.0 Å². The third kappa shape index (κ3) is 2.53. The van der Waals surface area contributed by atoms with Crippen LogP contribution >= 0.6 is 15.9 Å². The highest BCUT2D eigenvalue weighted by Gasteiger charge is 2.21. The summed E-state index contributed by atoms with van der Waals surface area (Å²) in [6.07, 6.45) is 1.69. The Balaban J connectivity index is 2.52. The SMILES string of the molecule is CCOC(=O)c1nc(C)n(-c2cc(C)c(Br)cn2)c1N. The molecule has 106 valence electrons. The highest BCUT2D eigenvalue weighted by atomic mass is 79.9. The first-order valence-electron chi connectivity index (χ1n) is 6.10. The van der Waals surface area contributed by atoms with Crippen LogP contribution in [0.5, 0.6) is 0 Å². The van der Waals surface area contributed by atoms with Gasteiger partial charge in [0, 0.05) is 10.7 Å². The average Bonchev–Trinajstić information content (AvgIpc) is 2.69. The van der Waals surface area contributed by atoms with Crippen LogP contribution in [0.15, 0.2) is 16.7 Å². The molecule has 0 aliphatic rings. The van der Waals surface area contributed by atoms with Crippen LogP contribution in [0.25, 0.3) is 5.82 Å². The molecule has 2 rings (SSSR count). The fourth-order valence-corrected chi connectivity index (χ4v) is 2.05. The predicted molar refractivity (Wildman–Crippen MR) is 78.9 cm³/mol. The molecule has 2 heterocycles. The van der Waals surface area contributed by atoms with Crippen LogP contribution in [0.4, 0.5) is 5.82 Å². The molecule has 0 saturated carbocycles. The van der Waals surface area contributed by atoms with E-state index in [2.05, 4.69) is 25.9 Å². The second-order valence-electron chi connectivity index (χ2n) is 4.24. The van der Waals surface area contributed by atoms with Crippen molar-refractivity contribution >= 4 is 27.7 Å². The van der Waals surface area contributed by atoms with Crippen molar-refractivity contribution < 1.29 is 9.53 Å². The highest BCUT2D eigenvalue weighted by molar-refractivity contribution is 9.10. The lowest BCUT2D eigenvalue weighted by Crippen LogP contribution is -2.10. The van der Waals surface area contributed by atoms with Gasteiger partial charge < -0.3 is 10.5 Å². The van der Waals surface area contributed by atoms with Crippen LogP contribution in [-0.4, -0.2) is 27.1 Å². The molecule has 0 atom stereocenters. The van der Waals surface area contributed by atoms with Gasteiger partial charge >= 0.3 is 5.97 Å². The Hall–Kier alpha value is -1.89. The van der Waals surface area contributed by atoms with Gasteiger partial charge in [-0.15, -0.1) is 0 Å². The Morgan fingerprint density at radius 3 is 2.80 bits per heavy atom. The van der Waals surface area contributed by atoms with Crippen molar-refractivity contribution in [2.24, 2.45) is 0 Å². The van der Waals surface area contributed by atoms with Crippen LogP contribution in [-0.2, 0) is 4.74 Å². The van der Waals surface area contributed by atoms with Crippen molar-refractivity contribution in [3.8, 4) is 5.82 Å². The van der Waals surface area contributed by atoms with E-state index < -0.39 is 5.97 Å². The van der Waals surface area contributed by atoms with Gasteiger partial charge in [0.25, 0.3) is 0 Å². The number of aryl methyl sites for hydroxylation is 2. The largest absolute Gasteiger partial charge is 0.461 e. The highest BCUT2D eigenvalue weighted by Crippen LogP contribution is 2.23. The smallest absolute Gasteiger partial charge is 0.360 e. The van der Waals surface area contributed by atoms with Crippen molar-refractivity contribution in [3.63, 3.8) is 0 Å². The molecule has 20 heavy (non-hydrogen) atoms. The van der Waals surface area contributed by atoms with Gasteiger partial charge in [-0.05, 0) is 48.3 Å². The average molecular weight is 339 g/mol. The Kier molecular flexibility index (Phi) is 4.08. The number of hydrogen-bond donors (Lipinski definition) is 1. The summed E-state index contributed by atoms with van der Waals surface area (Å²) in [5.41, 5.74) is 7.13. The monoisotopic (exact) mass is 338 g/mol. The molecule has 0 saturated heterocycles. The van der Waals surface area contributed by atoms with Gasteiger partial charge in [-0.3, -0.25) is 4.57 Å². The molecule has 0 aromatic carbocycles. The van der Waals surface area contributed by atoms with Gasteiger partial charge in [-0.1, -0.05) is 0 Å². The van der Waals surface area contributed by atoms with Crippen LogP contribution in [0.2, 0.25) is 0 Å². The summed E-state index contributed by atoms with van der Waals surface area (Å²) < 4.78 is 7.47. The molecule has 0 aliphatic carbocycles. The number of anilines is 1. The summed E-state index contributed by atoms with van der Waals surface area (Å²) in [7, 11) is 0. The van der Waals surface area contributed by atoms with Gasteiger partial charge in [0.2, 0.25) is 0 Å². The first-order chi connectivity index (χ1) is 9.45. The number of halogens is 1. The molecular weight excluding hydrogens is 324 g/mol. The molecule has 0 unspecified atom stereocenters. The summed E-state index contributed by atoms with van der Waals surface area (Å²) in [5, 5.41) is 0. The van der Waals surface area contributed by atoms with E-state index in [1.165, 1.54) is 0 Å². The third-order valence-corrected chi connectivity index (χ3v) is 3.64. The minimum absolute atomic E-state index is 0.117. The summed E-state index contributed by atoms with van der Waals surface area (Å²) in [6, 6.07) is 1.87. The molecule has 6 nitrogen and oxygen atoms in total. The number of nitrogens with zero attached hydrogens (tertiary/aromatic N) is 3. The van der Waals surface area contributed by atoms with E-state index in [1.807, 2.05) is 13.0 Å². The molecule has 0 radical (unpaired) electrons. The zero-order valence-electron chi connectivity index (χ0n) is 11.5. The van der Waals surface area contributed by atoms with E-state index in [0.29, 0.717) is 11.6 Å². The zero-order chi connectivity index (χ0) is 14.9. The number of carbonyl (C=O) groups excluding carboxylic acids is 1. The number of esters is 1. The van der Waals surface area contributed by atoms with Crippen molar-refractivity contribution in [1.29, 1.82) is 0 Å². The van der Waals surface area contributed by atoms with Gasteiger partial charge in [0.1, 0.15) is 17.5 Å². The van der Waals surface area contributed by atoms with Gasteiger partial charge in [-0.2, -0.15) is 0 Å². The van der Waals surface area contributed by atoms with Crippen molar-refractivity contribution in [1.82, 2.24) is 14.5 Å². The van der Waals surface area contributed by atoms with E-state index in [-0.39, 0.29) is 18.1 Å². The van der Waals surface area contributed by atoms with Crippen LogP contribution < -0.4 is 5.73 Å². The molecule has 0 spiro atoms. The number of aromatic nitrogens is 3. The van der Waals surface area contributed by atoms with Gasteiger partial charge in [-0.25, -0.2) is 14.8 Å². The van der Waals surface area contributed by atoms with Crippen LogP contribution in [0, 0.1) is 13.8 Å². The number of carbonyl (C=O) groups is 1. The van der Waals surface area contributed by atoms with Crippen LogP contribution in [0.3, 0.4) is 0 Å². The Morgan fingerprint density at radius 1 is 1.50 bits per heavy atom. The maximum absolute atomic E-state index is 11.8. The maximum atomic E-state index is 11.8. The van der Waals surface area contributed by atoms with E-state index in [1.54, 1.807) is 24.6 Å². The zero-order valence-corrected chi connectivity index (χ0v) is 13.1. The molecule has 2 N–H and O–H groups in total. The maximum Gasteiger partial charge on any atom is 0.360 e. The summed E-state index contributed by atoms with van der Waals surface area (Å²) >= 11 is 3.40. The number of pyridine rings is 1. The number of ether oxygens (including phenoxy) is 1. The lowest BCUT2D eigenvalue weighted by molar-refractivity contribution is 0.0521. The number of hydrogen-bond acceptors (Lipinski definition) is 5. The molecule has 0 aliphatic heterocycles. The van der Waals surface area contributed by atoms with Crippen molar-refractivity contribution in [2.45, 2.75) is 20.8 Å². The van der Waals surface area contributed by atoms with Gasteiger partial charge in [0.15, 0.2) is 5.69 Å². The Labute approximate surface area is 125 Å². The van der Waals surface area contributed by atoms with E-state index in [4.69, 9.17) is 10.5 Å². The van der Waals surface area contributed by atoms with Crippen molar-refractivity contribution in [3.05, 3.63) is 33.8 Å². The Bertz CT molecular complexity index is 667. The molecular formula is C13H15BrN4O2. The normalized spacial score (nSPS) is 10.6. The summed E-state index contributed by atoms with van der Waals surface area (Å²) in [5.74, 6) is 0.902. The number of nitrogens with two attached hydrogens (primary N) is 1. The van der Waals surface area contributed by atoms with Crippen molar-refractivity contribution in [2.75, 3.05) is 12.3 Å². The van der Waals surface area contributed by atoms with Crippen LogP contribution in [0.1, 0.15) is 28.8 Å². The number of nitrogen functional groups attached to an aromatic ring is 1. The third-order valence-electron chi connectivity index (χ3n) is 2.81. The predicted octanol–water partition coefficient (Wildman–Crippen LogP) is 2.41.